The Morgan fingerprint density at radius 2 is 0.719 bits per heavy atom. The zero-order chi connectivity index (χ0) is 46.3. The van der Waals surface area contributed by atoms with Gasteiger partial charge in [0, 0.05) is 19.4 Å². The Morgan fingerprint density at radius 3 is 1.19 bits per heavy atom. The number of carbonyl (C=O) groups excluding carboxylic acids is 2. The lowest BCUT2D eigenvalue weighted by atomic mass is 10.0. The molecule has 0 fully saturated rings. The average molecular weight is 895 g/mol. The van der Waals surface area contributed by atoms with Crippen LogP contribution in [0.4, 0.5) is 0 Å². The summed E-state index contributed by atoms with van der Waals surface area (Å²) in [4.78, 5) is 25.5. The third kappa shape index (κ3) is 52.2. The fraction of sp³-hybridized carbons (Fsp3) is 0.797. The van der Waals surface area contributed by atoms with Gasteiger partial charge in [-0.25, -0.2) is 0 Å². The molecule has 0 heterocycles. The lowest BCUT2D eigenvalue weighted by Crippen LogP contribution is -2.30. The molecule has 5 nitrogen and oxygen atoms in total. The van der Waals surface area contributed by atoms with Crippen LogP contribution in [0.5, 0.6) is 0 Å². The second-order valence-electron chi connectivity index (χ2n) is 18.5. The van der Waals surface area contributed by atoms with Crippen molar-refractivity contribution in [2.24, 2.45) is 0 Å². The summed E-state index contributed by atoms with van der Waals surface area (Å²) < 4.78 is 17.4. The second kappa shape index (κ2) is 54.9. The first-order chi connectivity index (χ1) is 31.6. The van der Waals surface area contributed by atoms with Crippen molar-refractivity contribution in [1.29, 1.82) is 0 Å². The van der Waals surface area contributed by atoms with E-state index in [9.17, 15) is 9.59 Å². The molecule has 0 aliphatic rings. The molecule has 0 N–H and O–H groups in total. The maximum Gasteiger partial charge on any atom is 0.306 e. The molecular formula is C59H106O5. The van der Waals surface area contributed by atoms with E-state index in [0.29, 0.717) is 19.4 Å². The van der Waals surface area contributed by atoms with Gasteiger partial charge in [-0.05, 0) is 77.0 Å². The predicted octanol–water partition coefficient (Wildman–Crippen LogP) is 18.9. The number of esters is 2. The van der Waals surface area contributed by atoms with Crippen LogP contribution >= 0.6 is 0 Å². The summed E-state index contributed by atoms with van der Waals surface area (Å²) in [5.41, 5.74) is 0. The van der Waals surface area contributed by atoms with E-state index in [2.05, 4.69) is 81.5 Å². The Bertz CT molecular complexity index is 1100. The van der Waals surface area contributed by atoms with E-state index in [1.54, 1.807) is 0 Å². The molecule has 0 aromatic rings. The number of ether oxygens (including phenoxy) is 3. The van der Waals surface area contributed by atoms with E-state index in [0.717, 1.165) is 83.5 Å². The number of carbonyl (C=O) groups is 2. The molecule has 5 heteroatoms. The Kier molecular flexibility index (Phi) is 52.9. The van der Waals surface area contributed by atoms with Gasteiger partial charge >= 0.3 is 11.9 Å². The van der Waals surface area contributed by atoms with Gasteiger partial charge in [0.15, 0.2) is 6.10 Å². The quantitative estimate of drug-likeness (QED) is 0.0346. The molecule has 372 valence electrons. The Balaban J connectivity index is 4.25. The minimum atomic E-state index is -0.551. The van der Waals surface area contributed by atoms with Crippen LogP contribution < -0.4 is 0 Å². The number of rotatable bonds is 51. The van der Waals surface area contributed by atoms with Crippen LogP contribution in [0.2, 0.25) is 0 Å². The maximum absolute atomic E-state index is 12.8. The van der Waals surface area contributed by atoms with Crippen LogP contribution in [0.25, 0.3) is 0 Å². The van der Waals surface area contributed by atoms with Gasteiger partial charge in [0.2, 0.25) is 0 Å². The van der Waals surface area contributed by atoms with Gasteiger partial charge in [-0.3, -0.25) is 9.59 Å². The second-order valence-corrected chi connectivity index (χ2v) is 18.5. The van der Waals surface area contributed by atoms with Gasteiger partial charge < -0.3 is 14.2 Å². The van der Waals surface area contributed by atoms with Crippen molar-refractivity contribution in [3.05, 3.63) is 60.8 Å². The minimum absolute atomic E-state index is 0.0749. The van der Waals surface area contributed by atoms with Crippen molar-refractivity contribution < 1.29 is 23.8 Å². The van der Waals surface area contributed by atoms with Crippen LogP contribution in [0.3, 0.4) is 0 Å². The summed E-state index contributed by atoms with van der Waals surface area (Å²) in [5, 5.41) is 0. The predicted molar refractivity (Wildman–Crippen MR) is 279 cm³/mol. The summed E-state index contributed by atoms with van der Waals surface area (Å²) in [6.45, 7) is 7.68. The van der Waals surface area contributed by atoms with Gasteiger partial charge in [-0.1, -0.05) is 248 Å². The minimum Gasteiger partial charge on any atom is -0.462 e. The van der Waals surface area contributed by atoms with Crippen LogP contribution in [0.1, 0.15) is 278 Å². The summed E-state index contributed by atoms with van der Waals surface area (Å²) in [6, 6.07) is 0. The molecule has 1 atom stereocenters. The first-order valence-electron chi connectivity index (χ1n) is 27.8. The van der Waals surface area contributed by atoms with E-state index in [1.807, 2.05) is 0 Å². The van der Waals surface area contributed by atoms with E-state index >= 15 is 0 Å². The highest BCUT2D eigenvalue weighted by Crippen LogP contribution is 2.16. The molecule has 0 saturated heterocycles. The van der Waals surface area contributed by atoms with Crippen molar-refractivity contribution >= 4 is 11.9 Å². The van der Waals surface area contributed by atoms with Gasteiger partial charge in [0.05, 0.1) is 6.61 Å². The van der Waals surface area contributed by atoms with E-state index in [1.165, 1.54) is 161 Å². The third-order valence-electron chi connectivity index (χ3n) is 12.0. The molecule has 0 rings (SSSR count). The lowest BCUT2D eigenvalue weighted by Gasteiger charge is -2.18. The van der Waals surface area contributed by atoms with Crippen molar-refractivity contribution in [2.45, 2.75) is 284 Å². The molecule has 1 unspecified atom stereocenters. The first-order valence-corrected chi connectivity index (χ1v) is 27.8. The van der Waals surface area contributed by atoms with Gasteiger partial charge in [-0.2, -0.15) is 0 Å². The molecule has 64 heavy (non-hydrogen) atoms. The fourth-order valence-electron chi connectivity index (χ4n) is 7.90. The van der Waals surface area contributed by atoms with Crippen molar-refractivity contribution in [3.8, 4) is 0 Å². The van der Waals surface area contributed by atoms with Crippen LogP contribution in [-0.4, -0.2) is 37.9 Å². The Hall–Kier alpha value is -2.40. The van der Waals surface area contributed by atoms with Crippen LogP contribution in [-0.2, 0) is 23.8 Å². The molecule has 0 amide bonds. The summed E-state index contributed by atoms with van der Waals surface area (Å²) in [5.74, 6) is -0.416. The highest BCUT2D eigenvalue weighted by molar-refractivity contribution is 5.70. The Morgan fingerprint density at radius 1 is 0.359 bits per heavy atom. The third-order valence-corrected chi connectivity index (χ3v) is 12.0. The van der Waals surface area contributed by atoms with Gasteiger partial charge in [0.25, 0.3) is 0 Å². The highest BCUT2D eigenvalue weighted by Gasteiger charge is 2.17. The SMILES string of the molecule is CC/C=C\C/C=C\C/C=C\C/C=C\CCCCCCC(=O)OC(COCCCCCCCC/C=C\CCCC)COC(=O)CCCCCCCCCCCCCCCCCCCCC. The smallest absolute Gasteiger partial charge is 0.306 e. The zero-order valence-electron chi connectivity index (χ0n) is 42.8. The average Bonchev–Trinajstić information content (AvgIpc) is 3.30. The van der Waals surface area contributed by atoms with E-state index in [4.69, 9.17) is 14.2 Å². The zero-order valence-corrected chi connectivity index (χ0v) is 42.8. The summed E-state index contributed by atoms with van der Waals surface area (Å²) in [7, 11) is 0. The van der Waals surface area contributed by atoms with Gasteiger partial charge in [-0.15, -0.1) is 0 Å². The fourth-order valence-corrected chi connectivity index (χ4v) is 7.90. The van der Waals surface area contributed by atoms with Gasteiger partial charge in [0.1, 0.15) is 6.61 Å². The van der Waals surface area contributed by atoms with E-state index in [-0.39, 0.29) is 25.2 Å². The number of unbranched alkanes of at least 4 members (excludes halogenated alkanes) is 30. The summed E-state index contributed by atoms with van der Waals surface area (Å²) >= 11 is 0. The van der Waals surface area contributed by atoms with Crippen LogP contribution in [0.15, 0.2) is 60.8 Å². The largest absolute Gasteiger partial charge is 0.462 e. The Labute approximate surface area is 398 Å². The standard InChI is InChI=1S/C59H106O5/c1-4-7-10-13-16-19-22-25-27-29-30-32-33-35-37-40-43-46-49-52-58(60)63-56-57(55-62-54-51-48-45-42-39-24-21-18-15-12-9-6-3)64-59(61)53-50-47-44-41-38-36-34-31-28-26-23-20-17-14-11-8-5-2/h8,11,15,17-18,20,26,28,34,36,57H,4-7,9-10,12-14,16,19,21-25,27,29-33,35,37-56H2,1-3H3/b11-8-,18-15-,20-17-,28-26-,36-34-. The molecule has 0 bridgehead atoms. The molecular weight excluding hydrogens is 789 g/mol. The first kappa shape index (κ1) is 61.6. The van der Waals surface area contributed by atoms with Crippen molar-refractivity contribution in [2.75, 3.05) is 19.8 Å². The van der Waals surface area contributed by atoms with E-state index < -0.39 is 6.10 Å². The van der Waals surface area contributed by atoms with Crippen molar-refractivity contribution in [1.82, 2.24) is 0 Å². The molecule has 0 aliphatic carbocycles. The maximum atomic E-state index is 12.8. The molecule has 0 spiro atoms. The highest BCUT2D eigenvalue weighted by atomic mass is 16.6. The number of hydrogen-bond donors (Lipinski definition) is 0. The molecule has 0 radical (unpaired) electrons. The lowest BCUT2D eigenvalue weighted by molar-refractivity contribution is -0.163. The molecule has 0 saturated carbocycles. The monoisotopic (exact) mass is 895 g/mol. The molecule has 0 aromatic heterocycles. The molecule has 0 aromatic carbocycles. The normalized spacial score (nSPS) is 12.6. The summed E-state index contributed by atoms with van der Waals surface area (Å²) in [6.07, 6.45) is 69.5. The van der Waals surface area contributed by atoms with Crippen LogP contribution in [0, 0.1) is 0 Å². The number of allylic oxidation sites excluding steroid dienone is 10. The molecule has 0 aliphatic heterocycles. The number of hydrogen-bond acceptors (Lipinski definition) is 5. The topological polar surface area (TPSA) is 61.8 Å². The van der Waals surface area contributed by atoms with Crippen molar-refractivity contribution in [3.63, 3.8) is 0 Å².